The van der Waals surface area contributed by atoms with Gasteiger partial charge in [0.25, 0.3) is 0 Å². The van der Waals surface area contributed by atoms with E-state index in [4.69, 9.17) is 11.2 Å². The van der Waals surface area contributed by atoms with Gasteiger partial charge >= 0.3 is 0 Å². The van der Waals surface area contributed by atoms with Gasteiger partial charge in [0.1, 0.15) is 0 Å². The molecule has 6 nitrogen and oxygen atoms in total. The van der Waals surface area contributed by atoms with Gasteiger partial charge in [-0.05, 0) is 31.5 Å². The van der Waals surface area contributed by atoms with Gasteiger partial charge < -0.3 is 20.7 Å². The zero-order valence-electron chi connectivity index (χ0n) is 13.7. The highest BCUT2D eigenvalue weighted by Crippen LogP contribution is 2.09. The molecule has 6 heteroatoms. The number of anilines is 1. The van der Waals surface area contributed by atoms with Gasteiger partial charge in [0.05, 0.1) is 6.54 Å². The minimum Gasteiger partial charge on any atom is -0.382 e. The summed E-state index contributed by atoms with van der Waals surface area (Å²) in [6.45, 7) is 4.23. The maximum atomic E-state index is 11.9. The summed E-state index contributed by atoms with van der Waals surface area (Å²) < 4.78 is 5.25. The number of nitrogens with one attached hydrogen (secondary N) is 3. The van der Waals surface area contributed by atoms with Gasteiger partial charge in [0.15, 0.2) is 5.96 Å². The van der Waals surface area contributed by atoms with Crippen LogP contribution in [0.1, 0.15) is 18.9 Å². The van der Waals surface area contributed by atoms with Gasteiger partial charge in [-0.2, -0.15) is 0 Å². The summed E-state index contributed by atoms with van der Waals surface area (Å²) in [5.41, 5.74) is 1.40. The fraction of sp³-hybridized carbons (Fsp3) is 0.412. The van der Waals surface area contributed by atoms with Gasteiger partial charge in [-0.15, -0.1) is 6.42 Å². The second-order valence-electron chi connectivity index (χ2n) is 4.68. The van der Waals surface area contributed by atoms with E-state index in [1.807, 2.05) is 13.0 Å². The molecular weight excluding hydrogens is 292 g/mol. The highest BCUT2D eigenvalue weighted by molar-refractivity contribution is 5.95. The number of hydrogen-bond donors (Lipinski definition) is 3. The smallest absolute Gasteiger partial charge is 0.243 e. The molecule has 0 aliphatic heterocycles. The van der Waals surface area contributed by atoms with Crippen LogP contribution in [-0.4, -0.2) is 45.2 Å². The molecule has 0 unspecified atom stereocenters. The molecule has 0 heterocycles. The van der Waals surface area contributed by atoms with E-state index in [0.717, 1.165) is 18.5 Å². The highest BCUT2D eigenvalue weighted by Gasteiger charge is 2.04. The zero-order valence-corrected chi connectivity index (χ0v) is 13.7. The summed E-state index contributed by atoms with van der Waals surface area (Å²) >= 11 is 0. The normalized spacial score (nSPS) is 10.7. The van der Waals surface area contributed by atoms with Crippen LogP contribution in [0.4, 0.5) is 5.69 Å². The maximum Gasteiger partial charge on any atom is 0.243 e. The first-order valence-corrected chi connectivity index (χ1v) is 7.58. The van der Waals surface area contributed by atoms with Crippen molar-refractivity contribution in [2.45, 2.75) is 13.3 Å². The van der Waals surface area contributed by atoms with Crippen LogP contribution in [0.5, 0.6) is 0 Å². The molecule has 1 aromatic rings. The van der Waals surface area contributed by atoms with Crippen LogP contribution in [0.3, 0.4) is 0 Å². The second kappa shape index (κ2) is 11.1. The van der Waals surface area contributed by atoms with Crippen molar-refractivity contribution in [2.24, 2.45) is 4.99 Å². The summed E-state index contributed by atoms with van der Waals surface area (Å²) in [4.78, 5) is 16.0. The quantitative estimate of drug-likeness (QED) is 0.292. The summed E-state index contributed by atoms with van der Waals surface area (Å²) in [5, 5.41) is 8.85. The van der Waals surface area contributed by atoms with Crippen LogP contribution in [0.25, 0.3) is 0 Å². The molecule has 0 radical (unpaired) electrons. The Bertz CT molecular complexity index is 564. The predicted octanol–water partition coefficient (Wildman–Crippen LogP) is 1.20. The molecule has 0 atom stereocenters. The first-order chi connectivity index (χ1) is 11.2. The van der Waals surface area contributed by atoms with E-state index in [-0.39, 0.29) is 12.5 Å². The van der Waals surface area contributed by atoms with Crippen molar-refractivity contribution < 1.29 is 9.53 Å². The Labute approximate surface area is 137 Å². The average molecular weight is 316 g/mol. The van der Waals surface area contributed by atoms with Crippen LogP contribution in [0.2, 0.25) is 0 Å². The Kier molecular flexibility index (Phi) is 8.94. The molecule has 0 saturated heterocycles. The molecule has 0 aromatic heterocycles. The SMILES string of the molecule is C#Cc1cccc(NC(=O)CNC(=NC)NCCCOCC)c1. The molecule has 1 rings (SSSR count). The predicted molar refractivity (Wildman–Crippen MR) is 93.5 cm³/mol. The van der Waals surface area contributed by atoms with E-state index in [1.54, 1.807) is 25.2 Å². The lowest BCUT2D eigenvalue weighted by molar-refractivity contribution is -0.115. The van der Waals surface area contributed by atoms with Gasteiger partial charge in [0, 0.05) is 38.1 Å². The van der Waals surface area contributed by atoms with Crippen LogP contribution >= 0.6 is 0 Å². The van der Waals surface area contributed by atoms with E-state index in [9.17, 15) is 4.79 Å². The number of guanidine groups is 1. The fourth-order valence-electron chi connectivity index (χ4n) is 1.80. The number of carbonyl (C=O) groups is 1. The van der Waals surface area contributed by atoms with E-state index >= 15 is 0 Å². The largest absolute Gasteiger partial charge is 0.382 e. The molecule has 0 bridgehead atoms. The van der Waals surface area contributed by atoms with Crippen molar-refractivity contribution in [1.82, 2.24) is 10.6 Å². The van der Waals surface area contributed by atoms with Crippen LogP contribution in [0, 0.1) is 12.3 Å². The summed E-state index contributed by atoms with van der Waals surface area (Å²) in [6.07, 6.45) is 6.21. The van der Waals surface area contributed by atoms with Gasteiger partial charge in [-0.1, -0.05) is 12.0 Å². The van der Waals surface area contributed by atoms with Gasteiger partial charge in [-0.3, -0.25) is 9.79 Å². The first kappa shape index (κ1) is 18.5. The van der Waals surface area contributed by atoms with Crippen LogP contribution in [0.15, 0.2) is 29.3 Å². The molecule has 3 N–H and O–H groups in total. The van der Waals surface area contributed by atoms with E-state index < -0.39 is 0 Å². The summed E-state index contributed by atoms with van der Waals surface area (Å²) in [7, 11) is 1.66. The van der Waals surface area contributed by atoms with Crippen LogP contribution < -0.4 is 16.0 Å². The lowest BCUT2D eigenvalue weighted by atomic mass is 10.2. The third-order valence-electron chi connectivity index (χ3n) is 2.92. The van der Waals surface area contributed by atoms with Crippen molar-refractivity contribution in [3.63, 3.8) is 0 Å². The summed E-state index contributed by atoms with van der Waals surface area (Å²) in [5.74, 6) is 2.94. The highest BCUT2D eigenvalue weighted by atomic mass is 16.5. The Hall–Kier alpha value is -2.52. The van der Waals surface area contributed by atoms with Gasteiger partial charge in [0.2, 0.25) is 5.91 Å². The molecule has 1 amide bonds. The number of terminal acetylenes is 1. The summed E-state index contributed by atoms with van der Waals surface area (Å²) in [6, 6.07) is 7.15. The minimum atomic E-state index is -0.170. The third kappa shape index (κ3) is 7.88. The number of hydrogen-bond acceptors (Lipinski definition) is 3. The first-order valence-electron chi connectivity index (χ1n) is 7.58. The van der Waals surface area contributed by atoms with Crippen molar-refractivity contribution in [3.8, 4) is 12.3 Å². The van der Waals surface area contributed by atoms with Crippen molar-refractivity contribution in [2.75, 3.05) is 38.7 Å². The van der Waals surface area contributed by atoms with Crippen molar-refractivity contribution in [1.29, 1.82) is 0 Å². The standard InChI is InChI=1S/C17H24N4O2/c1-4-14-8-6-9-15(12-14)21-16(22)13-20-17(18-3)19-10-7-11-23-5-2/h1,6,8-9,12H,5,7,10-11,13H2,2-3H3,(H,21,22)(H2,18,19,20). The van der Waals surface area contributed by atoms with E-state index in [2.05, 4.69) is 26.9 Å². The average Bonchev–Trinajstić information content (AvgIpc) is 2.57. The number of carbonyl (C=O) groups excluding carboxylic acids is 1. The Morgan fingerprint density at radius 2 is 2.22 bits per heavy atom. The second-order valence-corrected chi connectivity index (χ2v) is 4.68. The number of amides is 1. The van der Waals surface area contributed by atoms with Crippen LogP contribution in [-0.2, 0) is 9.53 Å². The van der Waals surface area contributed by atoms with Crippen molar-refractivity contribution >= 4 is 17.6 Å². The van der Waals surface area contributed by atoms with E-state index in [1.165, 1.54) is 0 Å². The Morgan fingerprint density at radius 3 is 2.91 bits per heavy atom. The third-order valence-corrected chi connectivity index (χ3v) is 2.92. The molecule has 1 aromatic carbocycles. The minimum absolute atomic E-state index is 0.116. The van der Waals surface area contributed by atoms with Crippen molar-refractivity contribution in [3.05, 3.63) is 29.8 Å². The number of rotatable bonds is 8. The number of nitrogens with zero attached hydrogens (tertiary/aromatic N) is 1. The molecule has 124 valence electrons. The number of aliphatic imine (C=N–C) groups is 1. The topological polar surface area (TPSA) is 74.8 Å². The molecule has 0 aliphatic rings. The Morgan fingerprint density at radius 1 is 1.39 bits per heavy atom. The molecule has 0 aliphatic carbocycles. The monoisotopic (exact) mass is 316 g/mol. The molecule has 0 saturated carbocycles. The zero-order chi connectivity index (χ0) is 16.9. The lowest BCUT2D eigenvalue weighted by Crippen LogP contribution is -2.41. The molecule has 0 fully saturated rings. The Balaban J connectivity index is 2.31. The van der Waals surface area contributed by atoms with E-state index in [0.29, 0.717) is 24.9 Å². The number of ether oxygens (including phenoxy) is 1. The fourth-order valence-corrected chi connectivity index (χ4v) is 1.80. The number of benzene rings is 1. The lowest BCUT2D eigenvalue weighted by Gasteiger charge is -2.12. The van der Waals surface area contributed by atoms with Gasteiger partial charge in [-0.25, -0.2) is 0 Å². The molecular formula is C17H24N4O2. The maximum absolute atomic E-state index is 11.9. The molecule has 23 heavy (non-hydrogen) atoms. The molecule has 0 spiro atoms.